The molecular weight excluding hydrogens is 174 g/mol. The molecule has 1 fully saturated rings. The zero-order chi connectivity index (χ0) is 10.6. The van der Waals surface area contributed by atoms with E-state index in [1.807, 2.05) is 0 Å². The van der Waals surface area contributed by atoms with E-state index in [1.54, 1.807) is 6.08 Å². The molecule has 0 bridgehead atoms. The van der Waals surface area contributed by atoms with Crippen LogP contribution in [0.3, 0.4) is 0 Å². The molecule has 0 aromatic rings. The lowest BCUT2D eigenvalue weighted by Gasteiger charge is -2.35. The van der Waals surface area contributed by atoms with E-state index in [9.17, 15) is 4.79 Å². The molecule has 14 heavy (non-hydrogen) atoms. The lowest BCUT2D eigenvalue weighted by atomic mass is 9.71. The maximum absolute atomic E-state index is 11.9. The van der Waals surface area contributed by atoms with Gasteiger partial charge in [0.1, 0.15) is 5.78 Å². The van der Waals surface area contributed by atoms with E-state index >= 15 is 0 Å². The number of piperidine rings is 1. The average Bonchev–Trinajstić information content (AvgIpc) is 2.19. The second-order valence-corrected chi connectivity index (χ2v) is 4.68. The van der Waals surface area contributed by atoms with Crippen LogP contribution in [0.2, 0.25) is 0 Å². The molecule has 1 heterocycles. The molecule has 1 aliphatic rings. The third-order valence-corrected chi connectivity index (χ3v) is 3.37. The maximum atomic E-state index is 11.9. The first kappa shape index (κ1) is 11.4. The molecule has 0 amide bonds. The summed E-state index contributed by atoms with van der Waals surface area (Å²) < 4.78 is 0. The quantitative estimate of drug-likeness (QED) is 0.696. The van der Waals surface area contributed by atoms with Crippen molar-refractivity contribution in [2.24, 2.45) is 11.3 Å². The number of nitrogens with one attached hydrogen (secondary N) is 1. The minimum absolute atomic E-state index is 0.193. The Morgan fingerprint density at radius 2 is 2.36 bits per heavy atom. The minimum Gasteiger partial charge on any atom is -0.316 e. The van der Waals surface area contributed by atoms with Gasteiger partial charge in [-0.2, -0.15) is 0 Å². The lowest BCUT2D eigenvalue weighted by molar-refractivity contribution is -0.129. The molecule has 1 saturated heterocycles. The lowest BCUT2D eigenvalue weighted by Crippen LogP contribution is -2.42. The fourth-order valence-electron chi connectivity index (χ4n) is 2.09. The van der Waals surface area contributed by atoms with Crippen molar-refractivity contribution >= 4 is 5.78 Å². The molecule has 1 unspecified atom stereocenters. The number of allylic oxidation sites excluding steroid dienone is 1. The van der Waals surface area contributed by atoms with Crippen LogP contribution in [0, 0.1) is 11.3 Å². The zero-order valence-corrected chi connectivity index (χ0v) is 9.31. The predicted molar refractivity (Wildman–Crippen MR) is 59.2 cm³/mol. The zero-order valence-electron chi connectivity index (χ0n) is 9.31. The SMILES string of the molecule is C=CCC(=O)C(C)(C)C1CCCNC1. The topological polar surface area (TPSA) is 29.1 Å². The van der Waals surface area contributed by atoms with Gasteiger partial charge in [-0.3, -0.25) is 4.79 Å². The molecule has 1 N–H and O–H groups in total. The first-order chi connectivity index (χ1) is 6.59. The summed E-state index contributed by atoms with van der Waals surface area (Å²) in [6, 6.07) is 0. The molecule has 80 valence electrons. The Balaban J connectivity index is 2.61. The fourth-order valence-corrected chi connectivity index (χ4v) is 2.09. The van der Waals surface area contributed by atoms with Crippen molar-refractivity contribution in [2.75, 3.05) is 13.1 Å². The number of Topliss-reactive ketones (excluding diaryl/α,β-unsaturated/α-hetero) is 1. The predicted octanol–water partition coefficient (Wildman–Crippen LogP) is 2.16. The van der Waals surface area contributed by atoms with Crippen molar-refractivity contribution < 1.29 is 4.79 Å². The van der Waals surface area contributed by atoms with Gasteiger partial charge in [0.05, 0.1) is 0 Å². The largest absolute Gasteiger partial charge is 0.316 e. The molecule has 0 spiro atoms. The molecule has 1 atom stereocenters. The van der Waals surface area contributed by atoms with Crippen LogP contribution in [0.4, 0.5) is 0 Å². The van der Waals surface area contributed by atoms with Gasteiger partial charge >= 0.3 is 0 Å². The van der Waals surface area contributed by atoms with Crippen LogP contribution in [0.15, 0.2) is 12.7 Å². The summed E-state index contributed by atoms with van der Waals surface area (Å²) >= 11 is 0. The Bertz CT molecular complexity index is 214. The highest BCUT2D eigenvalue weighted by molar-refractivity contribution is 5.85. The molecular formula is C12H21NO. The smallest absolute Gasteiger partial charge is 0.142 e. The van der Waals surface area contributed by atoms with E-state index in [2.05, 4.69) is 25.7 Å². The molecule has 1 rings (SSSR count). The molecule has 0 saturated carbocycles. The molecule has 0 aromatic heterocycles. The second-order valence-electron chi connectivity index (χ2n) is 4.68. The highest BCUT2D eigenvalue weighted by Crippen LogP contribution is 2.33. The Labute approximate surface area is 86.8 Å². The normalized spacial score (nSPS) is 23.1. The average molecular weight is 195 g/mol. The van der Waals surface area contributed by atoms with Crippen LogP contribution < -0.4 is 5.32 Å². The highest BCUT2D eigenvalue weighted by Gasteiger charge is 2.35. The number of hydrogen-bond donors (Lipinski definition) is 1. The van der Waals surface area contributed by atoms with Gasteiger partial charge in [0.25, 0.3) is 0 Å². The maximum Gasteiger partial charge on any atom is 0.142 e. The van der Waals surface area contributed by atoms with E-state index < -0.39 is 0 Å². The third-order valence-electron chi connectivity index (χ3n) is 3.37. The van der Waals surface area contributed by atoms with Gasteiger partial charge < -0.3 is 5.32 Å². The number of rotatable bonds is 4. The summed E-state index contributed by atoms with van der Waals surface area (Å²) in [5.74, 6) is 0.810. The summed E-state index contributed by atoms with van der Waals surface area (Å²) in [5, 5.41) is 3.36. The van der Waals surface area contributed by atoms with Crippen molar-refractivity contribution in [1.29, 1.82) is 0 Å². The number of carbonyl (C=O) groups excluding carboxylic acids is 1. The van der Waals surface area contributed by atoms with Crippen molar-refractivity contribution in [2.45, 2.75) is 33.1 Å². The van der Waals surface area contributed by atoms with Crippen LogP contribution in [-0.4, -0.2) is 18.9 Å². The molecule has 0 aliphatic carbocycles. The summed E-state index contributed by atoms with van der Waals surface area (Å²) in [6.45, 7) is 9.84. The summed E-state index contributed by atoms with van der Waals surface area (Å²) in [4.78, 5) is 11.9. The van der Waals surface area contributed by atoms with Gasteiger partial charge in [-0.25, -0.2) is 0 Å². The fraction of sp³-hybridized carbons (Fsp3) is 0.750. The van der Waals surface area contributed by atoms with Gasteiger partial charge in [0.15, 0.2) is 0 Å². The van der Waals surface area contributed by atoms with E-state index in [0.29, 0.717) is 18.1 Å². The highest BCUT2D eigenvalue weighted by atomic mass is 16.1. The Kier molecular flexibility index (Phi) is 3.87. The van der Waals surface area contributed by atoms with E-state index in [1.165, 1.54) is 12.8 Å². The standard InChI is InChI=1S/C12H21NO/c1-4-6-11(14)12(2,3)10-7-5-8-13-9-10/h4,10,13H,1,5-9H2,2-3H3. The molecule has 0 radical (unpaired) electrons. The van der Waals surface area contributed by atoms with Crippen molar-refractivity contribution in [3.05, 3.63) is 12.7 Å². The van der Waals surface area contributed by atoms with Crippen LogP contribution in [0.1, 0.15) is 33.1 Å². The minimum atomic E-state index is -0.193. The van der Waals surface area contributed by atoms with Crippen LogP contribution >= 0.6 is 0 Å². The molecule has 1 aliphatic heterocycles. The Morgan fingerprint density at radius 3 is 2.86 bits per heavy atom. The van der Waals surface area contributed by atoms with Crippen molar-refractivity contribution in [1.82, 2.24) is 5.32 Å². The summed E-state index contributed by atoms with van der Waals surface area (Å²) in [5.41, 5.74) is -0.193. The first-order valence-corrected chi connectivity index (χ1v) is 5.44. The third kappa shape index (κ3) is 2.44. The molecule has 2 nitrogen and oxygen atoms in total. The van der Waals surface area contributed by atoms with Crippen LogP contribution in [0.25, 0.3) is 0 Å². The number of ketones is 1. The van der Waals surface area contributed by atoms with Gasteiger partial charge in [-0.05, 0) is 31.8 Å². The van der Waals surface area contributed by atoms with E-state index in [4.69, 9.17) is 0 Å². The molecule has 2 heteroatoms. The second kappa shape index (κ2) is 4.74. The first-order valence-electron chi connectivity index (χ1n) is 5.44. The van der Waals surface area contributed by atoms with Crippen molar-refractivity contribution in [3.8, 4) is 0 Å². The molecule has 0 aromatic carbocycles. The monoisotopic (exact) mass is 195 g/mol. The van der Waals surface area contributed by atoms with Crippen molar-refractivity contribution in [3.63, 3.8) is 0 Å². The summed E-state index contributed by atoms with van der Waals surface area (Å²) in [7, 11) is 0. The van der Waals surface area contributed by atoms with Gasteiger partial charge in [-0.1, -0.05) is 19.9 Å². The number of hydrogen-bond acceptors (Lipinski definition) is 2. The number of carbonyl (C=O) groups is 1. The van der Waals surface area contributed by atoms with Gasteiger partial charge in [0, 0.05) is 11.8 Å². The Morgan fingerprint density at radius 1 is 1.64 bits per heavy atom. The van der Waals surface area contributed by atoms with Gasteiger partial charge in [0.2, 0.25) is 0 Å². The summed E-state index contributed by atoms with van der Waals surface area (Å²) in [6.07, 6.45) is 4.57. The Hall–Kier alpha value is -0.630. The van der Waals surface area contributed by atoms with Crippen LogP contribution in [0.5, 0.6) is 0 Å². The van der Waals surface area contributed by atoms with E-state index in [-0.39, 0.29) is 5.41 Å². The van der Waals surface area contributed by atoms with Gasteiger partial charge in [-0.15, -0.1) is 6.58 Å². The van der Waals surface area contributed by atoms with Crippen LogP contribution in [-0.2, 0) is 4.79 Å². The van der Waals surface area contributed by atoms with E-state index in [0.717, 1.165) is 13.1 Å².